The van der Waals surface area contributed by atoms with Crippen LogP contribution < -0.4 is 15.7 Å². The van der Waals surface area contributed by atoms with Gasteiger partial charge in [0.2, 0.25) is 5.91 Å². The Balaban J connectivity index is 1.75. The number of alkyl halides is 3. The largest absolute Gasteiger partial charge is 0.573 e. The second-order valence-corrected chi connectivity index (χ2v) is 5.89. The SMILES string of the molecule is Cc1ccc2c(CC(=O)Nc3ccc(OC(F)(F)F)cc3)cc(=O)oc2c1. The van der Waals surface area contributed by atoms with Crippen molar-refractivity contribution >= 4 is 22.6 Å². The van der Waals surface area contributed by atoms with Crippen LogP contribution >= 0.6 is 0 Å². The van der Waals surface area contributed by atoms with Gasteiger partial charge in [-0.3, -0.25) is 4.79 Å². The van der Waals surface area contributed by atoms with E-state index in [-0.39, 0.29) is 12.2 Å². The maximum atomic E-state index is 12.3. The van der Waals surface area contributed by atoms with Gasteiger partial charge in [0.05, 0.1) is 6.42 Å². The maximum absolute atomic E-state index is 12.3. The first-order valence-electron chi connectivity index (χ1n) is 7.89. The summed E-state index contributed by atoms with van der Waals surface area (Å²) in [7, 11) is 0. The lowest BCUT2D eigenvalue weighted by Gasteiger charge is -2.10. The fraction of sp³-hybridized carbons (Fsp3) is 0.158. The Morgan fingerprint density at radius 1 is 1.11 bits per heavy atom. The zero-order valence-electron chi connectivity index (χ0n) is 14.1. The van der Waals surface area contributed by atoms with E-state index in [1.54, 1.807) is 12.1 Å². The summed E-state index contributed by atoms with van der Waals surface area (Å²) in [6, 6.07) is 11.3. The first-order valence-corrected chi connectivity index (χ1v) is 7.89. The number of nitrogens with one attached hydrogen (secondary N) is 1. The number of hydrogen-bond acceptors (Lipinski definition) is 4. The molecule has 3 aromatic rings. The van der Waals surface area contributed by atoms with E-state index >= 15 is 0 Å². The molecule has 0 aliphatic heterocycles. The predicted molar refractivity (Wildman–Crippen MR) is 92.7 cm³/mol. The van der Waals surface area contributed by atoms with E-state index < -0.39 is 17.9 Å². The topological polar surface area (TPSA) is 68.5 Å². The Kier molecular flexibility index (Phi) is 4.89. The van der Waals surface area contributed by atoms with Crippen LogP contribution in [0.1, 0.15) is 11.1 Å². The third-order valence-electron chi connectivity index (χ3n) is 3.71. The van der Waals surface area contributed by atoms with Gasteiger partial charge in [-0.05, 0) is 48.4 Å². The summed E-state index contributed by atoms with van der Waals surface area (Å²) in [6.45, 7) is 1.85. The molecule has 0 saturated carbocycles. The van der Waals surface area contributed by atoms with Crippen molar-refractivity contribution in [2.45, 2.75) is 19.7 Å². The second kappa shape index (κ2) is 7.14. The molecule has 1 heterocycles. The number of carbonyl (C=O) groups excluding carboxylic acids is 1. The first kappa shape index (κ1) is 18.5. The van der Waals surface area contributed by atoms with Gasteiger partial charge in [-0.2, -0.15) is 0 Å². The molecule has 1 aromatic heterocycles. The van der Waals surface area contributed by atoms with Gasteiger partial charge in [-0.25, -0.2) is 4.79 Å². The Labute approximate surface area is 151 Å². The van der Waals surface area contributed by atoms with Crippen LogP contribution in [0.25, 0.3) is 11.0 Å². The van der Waals surface area contributed by atoms with E-state index in [1.165, 1.54) is 18.2 Å². The molecular formula is C19H14F3NO4. The van der Waals surface area contributed by atoms with E-state index in [4.69, 9.17) is 4.42 Å². The highest BCUT2D eigenvalue weighted by Gasteiger charge is 2.30. The molecule has 1 N–H and O–H groups in total. The van der Waals surface area contributed by atoms with Crippen LogP contribution in [0.4, 0.5) is 18.9 Å². The quantitative estimate of drug-likeness (QED) is 0.693. The molecule has 0 atom stereocenters. The fourth-order valence-electron chi connectivity index (χ4n) is 2.60. The Morgan fingerprint density at radius 2 is 1.81 bits per heavy atom. The van der Waals surface area contributed by atoms with Gasteiger partial charge >= 0.3 is 12.0 Å². The molecule has 8 heteroatoms. The first-order chi connectivity index (χ1) is 12.7. The van der Waals surface area contributed by atoms with Crippen LogP contribution in [0.2, 0.25) is 0 Å². The molecule has 140 valence electrons. The molecule has 0 fully saturated rings. The Hall–Kier alpha value is -3.29. The minimum atomic E-state index is -4.78. The van der Waals surface area contributed by atoms with Crippen LogP contribution in [-0.4, -0.2) is 12.3 Å². The molecular weight excluding hydrogens is 363 g/mol. The lowest BCUT2D eigenvalue weighted by molar-refractivity contribution is -0.274. The monoisotopic (exact) mass is 377 g/mol. The van der Waals surface area contributed by atoms with Crippen molar-refractivity contribution in [3.63, 3.8) is 0 Å². The highest BCUT2D eigenvalue weighted by Crippen LogP contribution is 2.24. The molecule has 2 aromatic carbocycles. The summed E-state index contributed by atoms with van der Waals surface area (Å²) in [6.07, 6.45) is -4.87. The molecule has 0 radical (unpaired) electrons. The zero-order valence-corrected chi connectivity index (χ0v) is 14.1. The molecule has 5 nitrogen and oxygen atoms in total. The van der Waals surface area contributed by atoms with E-state index in [9.17, 15) is 22.8 Å². The summed E-state index contributed by atoms with van der Waals surface area (Å²) in [5.74, 6) is -0.811. The van der Waals surface area contributed by atoms with Gasteiger partial charge in [0.25, 0.3) is 0 Å². The molecule has 0 unspecified atom stereocenters. The minimum Gasteiger partial charge on any atom is -0.423 e. The standard InChI is InChI=1S/C19H14F3NO4/c1-11-2-7-15-12(10-18(25)26-16(15)8-11)9-17(24)23-13-3-5-14(6-4-13)27-19(20,21)22/h2-8,10H,9H2,1H3,(H,23,24). The van der Waals surface area contributed by atoms with Crippen LogP contribution in [0, 0.1) is 6.92 Å². The van der Waals surface area contributed by atoms with Gasteiger partial charge in [0, 0.05) is 17.1 Å². The van der Waals surface area contributed by atoms with Crippen molar-refractivity contribution in [1.82, 2.24) is 0 Å². The molecule has 0 saturated heterocycles. The fourth-order valence-corrected chi connectivity index (χ4v) is 2.60. The molecule has 1 amide bonds. The van der Waals surface area contributed by atoms with Crippen molar-refractivity contribution in [2.75, 3.05) is 5.32 Å². The molecule has 0 aliphatic carbocycles. The van der Waals surface area contributed by atoms with Crippen LogP contribution in [0.15, 0.2) is 57.7 Å². The molecule has 3 rings (SSSR count). The highest BCUT2D eigenvalue weighted by atomic mass is 19.4. The van der Waals surface area contributed by atoms with Crippen molar-refractivity contribution in [3.8, 4) is 5.75 Å². The highest BCUT2D eigenvalue weighted by molar-refractivity contribution is 5.95. The number of rotatable bonds is 4. The lowest BCUT2D eigenvalue weighted by atomic mass is 10.1. The van der Waals surface area contributed by atoms with E-state index in [0.717, 1.165) is 17.7 Å². The summed E-state index contributed by atoms with van der Waals surface area (Å²) in [4.78, 5) is 24.0. The Bertz CT molecular complexity index is 1040. The minimum absolute atomic E-state index is 0.0913. The normalized spacial score (nSPS) is 11.4. The van der Waals surface area contributed by atoms with Crippen molar-refractivity contribution in [1.29, 1.82) is 0 Å². The number of benzene rings is 2. The summed E-state index contributed by atoms with van der Waals surface area (Å²) >= 11 is 0. The predicted octanol–water partition coefficient (Wildman–Crippen LogP) is 4.18. The van der Waals surface area contributed by atoms with E-state index in [2.05, 4.69) is 10.1 Å². The smallest absolute Gasteiger partial charge is 0.423 e. The average Bonchev–Trinajstić information content (AvgIpc) is 2.54. The van der Waals surface area contributed by atoms with Gasteiger partial charge in [0.15, 0.2) is 0 Å². The number of amides is 1. The van der Waals surface area contributed by atoms with Crippen molar-refractivity contribution in [3.05, 3.63) is 70.1 Å². The summed E-state index contributed by atoms with van der Waals surface area (Å²) in [5.41, 5.74) is 1.53. The average molecular weight is 377 g/mol. The van der Waals surface area contributed by atoms with Crippen LogP contribution in [-0.2, 0) is 11.2 Å². The molecule has 0 bridgehead atoms. The maximum Gasteiger partial charge on any atom is 0.573 e. The van der Waals surface area contributed by atoms with Crippen molar-refractivity contribution in [2.24, 2.45) is 0 Å². The van der Waals surface area contributed by atoms with Crippen molar-refractivity contribution < 1.29 is 27.1 Å². The third kappa shape index (κ3) is 4.87. The number of anilines is 1. The number of ether oxygens (including phenoxy) is 1. The van der Waals surface area contributed by atoms with Gasteiger partial charge < -0.3 is 14.5 Å². The van der Waals surface area contributed by atoms with Gasteiger partial charge in [0.1, 0.15) is 11.3 Å². The number of hydrogen-bond donors (Lipinski definition) is 1. The second-order valence-electron chi connectivity index (χ2n) is 5.89. The summed E-state index contributed by atoms with van der Waals surface area (Å²) in [5, 5.41) is 3.21. The lowest BCUT2D eigenvalue weighted by Crippen LogP contribution is -2.17. The number of fused-ring (bicyclic) bond motifs is 1. The van der Waals surface area contributed by atoms with E-state index in [0.29, 0.717) is 22.2 Å². The van der Waals surface area contributed by atoms with Gasteiger partial charge in [-0.1, -0.05) is 12.1 Å². The Morgan fingerprint density at radius 3 is 2.48 bits per heavy atom. The third-order valence-corrected chi connectivity index (χ3v) is 3.71. The van der Waals surface area contributed by atoms with Crippen LogP contribution in [0.3, 0.4) is 0 Å². The molecule has 0 spiro atoms. The van der Waals surface area contributed by atoms with Gasteiger partial charge in [-0.15, -0.1) is 13.2 Å². The molecule has 27 heavy (non-hydrogen) atoms. The summed E-state index contributed by atoms with van der Waals surface area (Å²) < 4.78 is 45.4. The number of aryl methyl sites for hydroxylation is 1. The molecule has 0 aliphatic rings. The van der Waals surface area contributed by atoms with Crippen LogP contribution in [0.5, 0.6) is 5.75 Å². The number of carbonyl (C=O) groups is 1. The van der Waals surface area contributed by atoms with E-state index in [1.807, 2.05) is 13.0 Å². The number of halogens is 3. The zero-order chi connectivity index (χ0) is 19.6.